The van der Waals surface area contributed by atoms with E-state index in [1.165, 1.54) is 6.26 Å². The van der Waals surface area contributed by atoms with Gasteiger partial charge in [-0.2, -0.15) is 5.10 Å². The van der Waals surface area contributed by atoms with Gasteiger partial charge in [-0.25, -0.2) is 13.1 Å². The molecule has 0 aliphatic heterocycles. The van der Waals surface area contributed by atoms with Gasteiger partial charge in [0.05, 0.1) is 11.8 Å². The fourth-order valence-corrected chi connectivity index (χ4v) is 4.26. The third-order valence-electron chi connectivity index (χ3n) is 4.52. The molecular weight excluding hydrogens is 340 g/mol. The van der Waals surface area contributed by atoms with Crippen molar-refractivity contribution in [1.82, 2.24) is 19.8 Å². The molecule has 1 amide bonds. The van der Waals surface area contributed by atoms with Crippen molar-refractivity contribution in [1.29, 1.82) is 0 Å². The Balaban J connectivity index is 1.48. The Morgan fingerprint density at radius 2 is 2.12 bits per heavy atom. The van der Waals surface area contributed by atoms with Crippen molar-refractivity contribution in [2.24, 2.45) is 5.92 Å². The van der Waals surface area contributed by atoms with Crippen molar-refractivity contribution < 1.29 is 13.2 Å². The lowest BCUT2D eigenvalue weighted by atomic mass is 9.86. The molecule has 0 bridgehead atoms. The maximum absolute atomic E-state index is 12.2. The normalized spacial score (nSPS) is 21.3. The van der Waals surface area contributed by atoms with E-state index in [0.717, 1.165) is 36.6 Å². The van der Waals surface area contributed by atoms with E-state index >= 15 is 0 Å². The number of sulfonamides is 1. The highest BCUT2D eigenvalue weighted by molar-refractivity contribution is 7.88. The number of aromatic nitrogens is 2. The first-order valence-corrected chi connectivity index (χ1v) is 10.4. The van der Waals surface area contributed by atoms with Crippen LogP contribution in [0.2, 0.25) is 0 Å². The van der Waals surface area contributed by atoms with Crippen molar-refractivity contribution in [3.63, 3.8) is 0 Å². The number of hydrogen-bond donors (Lipinski definition) is 2. The van der Waals surface area contributed by atoms with E-state index in [-0.39, 0.29) is 18.5 Å². The molecule has 3 rings (SSSR count). The van der Waals surface area contributed by atoms with Gasteiger partial charge in [-0.15, -0.1) is 0 Å². The zero-order valence-corrected chi connectivity index (χ0v) is 15.1. The predicted octanol–water partition coefficient (Wildman–Crippen LogP) is 1.26. The Morgan fingerprint density at radius 1 is 1.32 bits per heavy atom. The maximum Gasteiger partial charge on any atom is 0.241 e. The average Bonchev–Trinajstić information content (AvgIpc) is 2.94. The van der Waals surface area contributed by atoms with Crippen LogP contribution >= 0.6 is 0 Å². The number of rotatable bonds is 6. The summed E-state index contributed by atoms with van der Waals surface area (Å²) in [4.78, 5) is 12.2. The van der Waals surface area contributed by atoms with Gasteiger partial charge in [-0.3, -0.25) is 9.48 Å². The van der Waals surface area contributed by atoms with Crippen molar-refractivity contribution in [2.75, 3.05) is 12.8 Å². The molecule has 1 heterocycles. The number of benzene rings is 1. The molecule has 2 atom stereocenters. The average molecular weight is 364 g/mol. The Bertz CT molecular complexity index is 813. The van der Waals surface area contributed by atoms with Crippen LogP contribution in [0, 0.1) is 5.92 Å². The molecule has 2 aromatic rings. The first-order valence-electron chi connectivity index (χ1n) is 8.55. The van der Waals surface area contributed by atoms with Gasteiger partial charge in [0.1, 0.15) is 6.54 Å². The molecule has 1 aromatic carbocycles. The zero-order valence-electron chi connectivity index (χ0n) is 14.3. The maximum atomic E-state index is 12.2. The molecule has 7 nitrogen and oxygen atoms in total. The molecule has 136 valence electrons. The Labute approximate surface area is 147 Å². The molecule has 1 aromatic heterocycles. The quantitative estimate of drug-likeness (QED) is 0.807. The van der Waals surface area contributed by atoms with Crippen molar-refractivity contribution >= 4 is 26.8 Å². The standard InChI is InChI=1S/C17H24N4O3S/c1-25(23,24)20-15-7-4-5-13(9-15)10-18-17(22)12-21-11-14-6-2-3-8-16(14)19-21/h2-3,6,8,11,13,15,20H,4-5,7,9-10,12H2,1H3,(H,18,22). The number of carbonyl (C=O) groups excluding carboxylic acids is 1. The van der Waals surface area contributed by atoms with E-state index < -0.39 is 10.0 Å². The second-order valence-corrected chi connectivity index (χ2v) is 8.59. The van der Waals surface area contributed by atoms with Gasteiger partial charge in [0.15, 0.2) is 0 Å². The van der Waals surface area contributed by atoms with Crippen LogP contribution in [0.1, 0.15) is 25.7 Å². The molecule has 0 radical (unpaired) electrons. The molecule has 25 heavy (non-hydrogen) atoms. The minimum Gasteiger partial charge on any atom is -0.354 e. The van der Waals surface area contributed by atoms with Gasteiger partial charge < -0.3 is 5.32 Å². The molecule has 2 unspecified atom stereocenters. The van der Waals surface area contributed by atoms with Gasteiger partial charge in [-0.1, -0.05) is 24.6 Å². The third-order valence-corrected chi connectivity index (χ3v) is 5.28. The van der Waals surface area contributed by atoms with Gasteiger partial charge in [-0.05, 0) is 31.2 Å². The topological polar surface area (TPSA) is 93.1 Å². The molecule has 2 N–H and O–H groups in total. The molecule has 1 fully saturated rings. The van der Waals surface area contributed by atoms with Crippen molar-refractivity contribution in [2.45, 2.75) is 38.3 Å². The van der Waals surface area contributed by atoms with Gasteiger partial charge in [0.2, 0.25) is 15.9 Å². The SMILES string of the molecule is CS(=O)(=O)NC1CCCC(CNC(=O)Cn2cc3ccccc3n2)C1. The van der Waals surface area contributed by atoms with Crippen LogP contribution < -0.4 is 10.0 Å². The number of carbonyl (C=O) groups is 1. The summed E-state index contributed by atoms with van der Waals surface area (Å²) in [6, 6.07) is 7.72. The van der Waals surface area contributed by atoms with Crippen LogP contribution in [0.25, 0.3) is 10.9 Å². The fraction of sp³-hybridized carbons (Fsp3) is 0.529. The number of amides is 1. The van der Waals surface area contributed by atoms with Crippen molar-refractivity contribution in [3.05, 3.63) is 30.5 Å². The second kappa shape index (κ2) is 7.53. The van der Waals surface area contributed by atoms with Crippen LogP contribution in [0.4, 0.5) is 0 Å². The molecule has 1 aliphatic carbocycles. The van der Waals surface area contributed by atoms with Crippen LogP contribution in [0.15, 0.2) is 30.5 Å². The van der Waals surface area contributed by atoms with E-state index in [0.29, 0.717) is 12.5 Å². The molecule has 1 saturated carbocycles. The van der Waals surface area contributed by atoms with Crippen LogP contribution in [-0.2, 0) is 21.4 Å². The zero-order chi connectivity index (χ0) is 17.9. The van der Waals surface area contributed by atoms with Crippen LogP contribution in [0.5, 0.6) is 0 Å². The van der Waals surface area contributed by atoms with E-state index in [2.05, 4.69) is 15.1 Å². The molecule has 0 spiro atoms. The summed E-state index contributed by atoms with van der Waals surface area (Å²) in [6.45, 7) is 0.758. The summed E-state index contributed by atoms with van der Waals surface area (Å²) in [5.41, 5.74) is 0.872. The number of hydrogen-bond acceptors (Lipinski definition) is 4. The van der Waals surface area contributed by atoms with Gasteiger partial charge in [0.25, 0.3) is 0 Å². The highest BCUT2D eigenvalue weighted by Crippen LogP contribution is 2.24. The Hall–Kier alpha value is -1.93. The summed E-state index contributed by atoms with van der Waals surface area (Å²) in [5.74, 6) is 0.222. The highest BCUT2D eigenvalue weighted by atomic mass is 32.2. The summed E-state index contributed by atoms with van der Waals surface area (Å²) in [5, 5.41) is 8.34. The van der Waals surface area contributed by atoms with Crippen LogP contribution in [-0.4, -0.2) is 42.9 Å². The molecule has 0 saturated heterocycles. The third kappa shape index (κ3) is 5.27. The lowest BCUT2D eigenvalue weighted by Crippen LogP contribution is -2.41. The second-order valence-electron chi connectivity index (χ2n) is 6.81. The van der Waals surface area contributed by atoms with Crippen LogP contribution in [0.3, 0.4) is 0 Å². The van der Waals surface area contributed by atoms with Gasteiger partial charge >= 0.3 is 0 Å². The summed E-state index contributed by atoms with van der Waals surface area (Å²) < 4.78 is 27.0. The van der Waals surface area contributed by atoms with Crippen molar-refractivity contribution in [3.8, 4) is 0 Å². The Morgan fingerprint density at radius 3 is 2.88 bits per heavy atom. The van der Waals surface area contributed by atoms with Gasteiger partial charge in [0, 0.05) is 24.2 Å². The minimum atomic E-state index is -3.18. The van der Waals surface area contributed by atoms with E-state index in [4.69, 9.17) is 0 Å². The first-order chi connectivity index (χ1) is 11.9. The smallest absolute Gasteiger partial charge is 0.241 e. The Kier molecular flexibility index (Phi) is 5.39. The lowest BCUT2D eigenvalue weighted by Gasteiger charge is -2.29. The minimum absolute atomic E-state index is 0.0259. The summed E-state index contributed by atoms with van der Waals surface area (Å²) >= 11 is 0. The van der Waals surface area contributed by atoms with E-state index in [1.54, 1.807) is 4.68 Å². The first kappa shape index (κ1) is 17.9. The molecular formula is C17H24N4O3S. The monoisotopic (exact) mass is 364 g/mol. The molecule has 8 heteroatoms. The molecule has 1 aliphatic rings. The van der Waals surface area contributed by atoms with E-state index in [1.807, 2.05) is 30.5 Å². The summed E-state index contributed by atoms with van der Waals surface area (Å²) in [6.07, 6.45) is 6.65. The number of nitrogens with one attached hydrogen (secondary N) is 2. The highest BCUT2D eigenvalue weighted by Gasteiger charge is 2.24. The largest absolute Gasteiger partial charge is 0.354 e. The number of fused-ring (bicyclic) bond motifs is 1. The lowest BCUT2D eigenvalue weighted by molar-refractivity contribution is -0.122. The predicted molar refractivity (Wildman–Crippen MR) is 96.5 cm³/mol. The van der Waals surface area contributed by atoms with E-state index in [9.17, 15) is 13.2 Å². The number of nitrogens with zero attached hydrogens (tertiary/aromatic N) is 2. The summed E-state index contributed by atoms with van der Waals surface area (Å²) in [7, 11) is -3.18. The fourth-order valence-electron chi connectivity index (χ4n) is 3.44.